The molecule has 3 rings (SSSR count). The molecule has 1 aliphatic rings. The fraction of sp³-hybridized carbons (Fsp3) is 0.316. The van der Waals surface area contributed by atoms with Crippen LogP contribution in [0.3, 0.4) is 0 Å². The van der Waals surface area contributed by atoms with Crippen molar-refractivity contribution in [3.8, 4) is 5.75 Å². The Labute approximate surface area is 166 Å². The molecule has 5 nitrogen and oxygen atoms in total. The molecule has 1 heterocycles. The number of hydrogen-bond donors (Lipinski definition) is 0. The fourth-order valence-electron chi connectivity index (χ4n) is 3.17. The molecule has 0 spiro atoms. The number of halogens is 3. The van der Waals surface area contributed by atoms with Crippen LogP contribution < -0.4 is 9.64 Å². The number of carbonyl (C=O) groups is 1. The molecule has 0 N–H and O–H groups in total. The molecule has 0 radical (unpaired) electrons. The second-order valence-electron chi connectivity index (χ2n) is 6.31. The van der Waals surface area contributed by atoms with Gasteiger partial charge in [-0.1, -0.05) is 23.7 Å². The summed E-state index contributed by atoms with van der Waals surface area (Å²) in [7, 11) is -3.67. The second-order valence-corrected chi connectivity index (χ2v) is 8.86. The topological polar surface area (TPSA) is 63.7 Å². The maximum atomic E-state index is 12.7. The van der Waals surface area contributed by atoms with Crippen molar-refractivity contribution in [3.05, 3.63) is 53.1 Å². The number of rotatable bonds is 6. The number of alkyl halides is 2. The first kappa shape index (κ1) is 20.5. The molecule has 2 aromatic carbocycles. The molecule has 0 atom stereocenters. The van der Waals surface area contributed by atoms with Crippen LogP contribution in [0.5, 0.6) is 5.75 Å². The van der Waals surface area contributed by atoms with Crippen LogP contribution in [-0.4, -0.2) is 33.2 Å². The molecule has 1 aliphatic heterocycles. The highest BCUT2D eigenvalue weighted by Gasteiger charge is 2.28. The lowest BCUT2D eigenvalue weighted by Crippen LogP contribution is -2.36. The third-order valence-electron chi connectivity index (χ3n) is 4.45. The minimum absolute atomic E-state index is 0.0745. The standard InChI is InChI=1S/C19H18ClF2NO4S/c20-14-6-8-15(9-7-14)28(25,26)12-10-17(24)23-11-2-4-13-3-1-5-16(18(13)23)27-19(21)22/h1,3,5-9,19H,2,4,10-12H2. The molecular weight excluding hydrogens is 412 g/mol. The smallest absolute Gasteiger partial charge is 0.387 e. The summed E-state index contributed by atoms with van der Waals surface area (Å²) >= 11 is 5.77. The maximum absolute atomic E-state index is 12.7. The van der Waals surface area contributed by atoms with Crippen molar-refractivity contribution in [1.29, 1.82) is 0 Å². The number of hydrogen-bond acceptors (Lipinski definition) is 4. The van der Waals surface area contributed by atoms with Gasteiger partial charge in [-0.05, 0) is 48.7 Å². The number of fused-ring (bicyclic) bond motifs is 1. The number of carbonyl (C=O) groups excluding carboxylic acids is 1. The molecule has 0 unspecified atom stereocenters. The Hall–Kier alpha value is -2.19. The zero-order chi connectivity index (χ0) is 20.3. The number of amides is 1. The van der Waals surface area contributed by atoms with E-state index in [4.69, 9.17) is 11.6 Å². The van der Waals surface area contributed by atoms with E-state index in [1.54, 1.807) is 12.1 Å². The van der Waals surface area contributed by atoms with Crippen LogP contribution in [0, 0.1) is 0 Å². The Balaban J connectivity index is 1.78. The highest BCUT2D eigenvalue weighted by Crippen LogP contribution is 2.37. The van der Waals surface area contributed by atoms with Crippen LogP contribution >= 0.6 is 11.6 Å². The third-order valence-corrected chi connectivity index (χ3v) is 6.44. The molecule has 2 aromatic rings. The number of nitrogens with zero attached hydrogens (tertiary/aromatic N) is 1. The lowest BCUT2D eigenvalue weighted by atomic mass is 10.0. The SMILES string of the molecule is O=C(CCS(=O)(=O)c1ccc(Cl)cc1)N1CCCc2cccc(OC(F)F)c21. The predicted octanol–water partition coefficient (Wildman–Crippen LogP) is 4.08. The van der Waals surface area contributed by atoms with E-state index >= 15 is 0 Å². The average Bonchev–Trinajstić information content (AvgIpc) is 2.66. The molecule has 150 valence electrons. The van der Waals surface area contributed by atoms with Gasteiger partial charge in [0.25, 0.3) is 0 Å². The minimum atomic E-state index is -3.67. The van der Waals surface area contributed by atoms with Crippen LogP contribution in [0.25, 0.3) is 0 Å². The van der Waals surface area contributed by atoms with Gasteiger partial charge in [0.1, 0.15) is 5.75 Å². The van der Waals surface area contributed by atoms with E-state index < -0.39 is 28.1 Å². The maximum Gasteiger partial charge on any atom is 0.387 e. The molecule has 0 aliphatic carbocycles. The number of ether oxygens (including phenoxy) is 1. The molecule has 0 aromatic heterocycles. The molecule has 0 saturated carbocycles. The summed E-state index contributed by atoms with van der Waals surface area (Å²) in [5, 5.41) is 0.409. The van der Waals surface area contributed by atoms with Crippen molar-refractivity contribution in [3.63, 3.8) is 0 Å². The van der Waals surface area contributed by atoms with Crippen LogP contribution in [0.4, 0.5) is 14.5 Å². The van der Waals surface area contributed by atoms with Gasteiger partial charge in [-0.15, -0.1) is 0 Å². The highest BCUT2D eigenvalue weighted by atomic mass is 35.5. The van der Waals surface area contributed by atoms with Crippen LogP contribution in [0.2, 0.25) is 5.02 Å². The first-order valence-electron chi connectivity index (χ1n) is 8.63. The lowest BCUT2D eigenvalue weighted by Gasteiger charge is -2.31. The predicted molar refractivity (Wildman–Crippen MR) is 102 cm³/mol. The van der Waals surface area contributed by atoms with Crippen molar-refractivity contribution in [2.24, 2.45) is 0 Å². The highest BCUT2D eigenvalue weighted by molar-refractivity contribution is 7.91. The van der Waals surface area contributed by atoms with Gasteiger partial charge >= 0.3 is 6.61 Å². The Morgan fingerprint density at radius 2 is 1.89 bits per heavy atom. The van der Waals surface area contributed by atoms with Crippen LogP contribution in [0.1, 0.15) is 18.4 Å². The van der Waals surface area contributed by atoms with Gasteiger partial charge in [-0.3, -0.25) is 4.79 Å². The number of aryl methyl sites for hydroxylation is 1. The fourth-order valence-corrected chi connectivity index (χ4v) is 4.53. The van der Waals surface area contributed by atoms with Crippen molar-refractivity contribution in [2.45, 2.75) is 30.8 Å². The van der Waals surface area contributed by atoms with E-state index in [9.17, 15) is 22.0 Å². The summed E-state index contributed by atoms with van der Waals surface area (Å²) in [6.07, 6.45) is 1.01. The zero-order valence-electron chi connectivity index (χ0n) is 14.8. The summed E-state index contributed by atoms with van der Waals surface area (Å²) in [5.41, 5.74) is 1.02. The monoisotopic (exact) mass is 429 g/mol. The molecule has 0 bridgehead atoms. The first-order valence-corrected chi connectivity index (χ1v) is 10.7. The zero-order valence-corrected chi connectivity index (χ0v) is 16.3. The van der Waals surface area contributed by atoms with Gasteiger partial charge in [-0.2, -0.15) is 8.78 Å². The van der Waals surface area contributed by atoms with Gasteiger partial charge in [-0.25, -0.2) is 8.42 Å². The Kier molecular flexibility index (Phi) is 6.20. The summed E-state index contributed by atoms with van der Waals surface area (Å²) in [6.45, 7) is -2.70. The van der Waals surface area contributed by atoms with E-state index in [2.05, 4.69) is 4.74 Å². The largest absolute Gasteiger partial charge is 0.433 e. The van der Waals surface area contributed by atoms with Crippen molar-refractivity contribution >= 4 is 33.0 Å². The molecule has 0 fully saturated rings. The third kappa shape index (κ3) is 4.62. The van der Waals surface area contributed by atoms with Crippen molar-refractivity contribution < 1.29 is 26.7 Å². The van der Waals surface area contributed by atoms with Crippen LogP contribution in [0.15, 0.2) is 47.4 Å². The quantitative estimate of drug-likeness (QED) is 0.694. The van der Waals surface area contributed by atoms with Gasteiger partial charge in [0.15, 0.2) is 9.84 Å². The second kappa shape index (κ2) is 8.45. The number of para-hydroxylation sites is 1. The van der Waals surface area contributed by atoms with E-state index in [-0.39, 0.29) is 17.1 Å². The summed E-state index contributed by atoms with van der Waals surface area (Å²) in [6, 6.07) is 10.4. The van der Waals surface area contributed by atoms with Gasteiger partial charge in [0.2, 0.25) is 5.91 Å². The van der Waals surface area contributed by atoms with E-state index in [0.29, 0.717) is 30.1 Å². The van der Waals surface area contributed by atoms with Crippen molar-refractivity contribution in [2.75, 3.05) is 17.2 Å². The minimum Gasteiger partial charge on any atom is -0.433 e. The lowest BCUT2D eigenvalue weighted by molar-refractivity contribution is -0.118. The number of benzene rings is 2. The summed E-state index contributed by atoms with van der Waals surface area (Å²) < 4.78 is 54.9. The van der Waals surface area contributed by atoms with Gasteiger partial charge < -0.3 is 9.64 Å². The first-order chi connectivity index (χ1) is 13.3. The van der Waals surface area contributed by atoms with E-state index in [0.717, 1.165) is 5.56 Å². The summed E-state index contributed by atoms with van der Waals surface area (Å²) in [5.74, 6) is -0.929. The van der Waals surface area contributed by atoms with Gasteiger partial charge in [0.05, 0.1) is 16.3 Å². The van der Waals surface area contributed by atoms with Gasteiger partial charge in [0, 0.05) is 18.0 Å². The Morgan fingerprint density at radius 1 is 1.18 bits per heavy atom. The Bertz CT molecular complexity index is 964. The van der Waals surface area contributed by atoms with E-state index in [1.807, 2.05) is 0 Å². The molecule has 0 saturated heterocycles. The molecular formula is C19H18ClF2NO4S. The van der Waals surface area contributed by atoms with Crippen LogP contribution in [-0.2, 0) is 21.1 Å². The normalized spacial score (nSPS) is 14.1. The van der Waals surface area contributed by atoms with E-state index in [1.165, 1.54) is 35.2 Å². The summed E-state index contributed by atoms with van der Waals surface area (Å²) in [4.78, 5) is 14.1. The average molecular weight is 430 g/mol. The molecule has 28 heavy (non-hydrogen) atoms. The number of sulfone groups is 1. The van der Waals surface area contributed by atoms with Crippen molar-refractivity contribution in [1.82, 2.24) is 0 Å². The number of anilines is 1. The molecule has 9 heteroatoms. The Morgan fingerprint density at radius 3 is 2.57 bits per heavy atom. The molecule has 1 amide bonds.